The smallest absolute Gasteiger partial charge is 0.338 e. The third kappa shape index (κ3) is 3.84. The Balaban J connectivity index is 2.74. The summed E-state index contributed by atoms with van der Waals surface area (Å²) in [5.74, 6) is -0.322. The van der Waals surface area contributed by atoms with E-state index >= 15 is 0 Å². The Hall–Kier alpha value is -2.16. The van der Waals surface area contributed by atoms with E-state index in [2.05, 4.69) is 53.7 Å². The Kier molecular flexibility index (Phi) is 4.84. The van der Waals surface area contributed by atoms with Crippen LogP contribution in [0.1, 0.15) is 63.3 Å². The highest BCUT2D eigenvalue weighted by atomic mass is 16.5. The molecule has 0 bridgehead atoms. The molecule has 3 heteroatoms. The van der Waals surface area contributed by atoms with E-state index in [1.165, 1.54) is 7.11 Å². The van der Waals surface area contributed by atoms with Crippen molar-refractivity contribution >= 4 is 5.97 Å². The SMILES string of the molecule is COC(=O)c1ccccc1-c1cc(C(C)(C)C)nc(C(C)(C)C)c1. The lowest BCUT2D eigenvalue weighted by Gasteiger charge is -2.25. The molecular formula is C21H27NO2. The van der Waals surface area contributed by atoms with Gasteiger partial charge in [0.15, 0.2) is 0 Å². The van der Waals surface area contributed by atoms with Gasteiger partial charge in [-0.15, -0.1) is 0 Å². The molecule has 0 N–H and O–H groups in total. The number of nitrogens with zero attached hydrogens (tertiary/aromatic N) is 1. The van der Waals surface area contributed by atoms with Crippen LogP contribution in [0.3, 0.4) is 0 Å². The van der Waals surface area contributed by atoms with Gasteiger partial charge in [-0.2, -0.15) is 0 Å². The third-order valence-corrected chi connectivity index (χ3v) is 4.01. The second-order valence-electron chi connectivity index (χ2n) is 8.16. The molecule has 1 aromatic heterocycles. The maximum Gasteiger partial charge on any atom is 0.338 e. The molecule has 0 atom stereocenters. The molecule has 0 radical (unpaired) electrons. The van der Waals surface area contributed by atoms with Crippen LogP contribution in [0.25, 0.3) is 11.1 Å². The molecule has 2 rings (SSSR count). The first-order valence-electron chi connectivity index (χ1n) is 8.25. The average Bonchev–Trinajstić information content (AvgIpc) is 2.52. The van der Waals surface area contributed by atoms with Crippen molar-refractivity contribution in [3.8, 4) is 11.1 Å². The maximum atomic E-state index is 12.1. The Morgan fingerprint density at radius 2 is 1.42 bits per heavy atom. The zero-order chi connectivity index (χ0) is 18.1. The van der Waals surface area contributed by atoms with Crippen molar-refractivity contribution in [3.05, 3.63) is 53.3 Å². The van der Waals surface area contributed by atoms with Gasteiger partial charge in [-0.3, -0.25) is 4.98 Å². The highest BCUT2D eigenvalue weighted by molar-refractivity contribution is 5.97. The number of hydrogen-bond donors (Lipinski definition) is 0. The third-order valence-electron chi connectivity index (χ3n) is 4.01. The van der Waals surface area contributed by atoms with Crippen molar-refractivity contribution in [2.45, 2.75) is 52.4 Å². The number of methoxy groups -OCH3 is 1. The molecule has 24 heavy (non-hydrogen) atoms. The van der Waals surface area contributed by atoms with E-state index in [0.717, 1.165) is 22.5 Å². The Labute approximate surface area is 145 Å². The lowest BCUT2D eigenvalue weighted by atomic mass is 9.85. The van der Waals surface area contributed by atoms with Gasteiger partial charge in [0.05, 0.1) is 12.7 Å². The quantitative estimate of drug-likeness (QED) is 0.719. The van der Waals surface area contributed by atoms with Gasteiger partial charge in [0.2, 0.25) is 0 Å². The number of benzene rings is 1. The summed E-state index contributed by atoms with van der Waals surface area (Å²) in [6.45, 7) is 12.9. The minimum atomic E-state index is -0.322. The molecule has 0 aliphatic carbocycles. The van der Waals surface area contributed by atoms with Gasteiger partial charge in [-0.05, 0) is 29.3 Å². The number of carbonyl (C=O) groups excluding carboxylic acids is 1. The fourth-order valence-electron chi connectivity index (χ4n) is 2.48. The predicted octanol–water partition coefficient (Wildman–Crippen LogP) is 5.13. The van der Waals surface area contributed by atoms with Crippen LogP contribution in [0.4, 0.5) is 0 Å². The molecule has 0 amide bonds. The second-order valence-corrected chi connectivity index (χ2v) is 8.16. The van der Waals surface area contributed by atoms with Gasteiger partial charge in [-0.1, -0.05) is 59.7 Å². The molecular weight excluding hydrogens is 298 g/mol. The highest BCUT2D eigenvalue weighted by Gasteiger charge is 2.23. The highest BCUT2D eigenvalue weighted by Crippen LogP contribution is 2.33. The number of hydrogen-bond acceptors (Lipinski definition) is 3. The van der Waals surface area contributed by atoms with E-state index in [0.29, 0.717) is 5.56 Å². The second kappa shape index (κ2) is 6.39. The molecule has 1 aromatic carbocycles. The van der Waals surface area contributed by atoms with Gasteiger partial charge in [0.1, 0.15) is 0 Å². The molecule has 0 spiro atoms. The average molecular weight is 325 g/mol. The maximum absolute atomic E-state index is 12.1. The van der Waals surface area contributed by atoms with E-state index in [1.807, 2.05) is 18.2 Å². The number of ether oxygens (including phenoxy) is 1. The summed E-state index contributed by atoms with van der Waals surface area (Å²) in [6, 6.07) is 11.7. The summed E-state index contributed by atoms with van der Waals surface area (Å²) in [5.41, 5.74) is 4.34. The van der Waals surface area contributed by atoms with E-state index in [9.17, 15) is 4.79 Å². The van der Waals surface area contributed by atoms with Crippen LogP contribution in [-0.4, -0.2) is 18.1 Å². The first kappa shape index (κ1) is 18.2. The monoisotopic (exact) mass is 325 g/mol. The van der Waals surface area contributed by atoms with Gasteiger partial charge in [0.25, 0.3) is 0 Å². The lowest BCUT2D eigenvalue weighted by Crippen LogP contribution is -2.20. The Morgan fingerprint density at radius 1 is 0.917 bits per heavy atom. The minimum Gasteiger partial charge on any atom is -0.465 e. The largest absolute Gasteiger partial charge is 0.465 e. The summed E-state index contributed by atoms with van der Waals surface area (Å²) < 4.78 is 4.94. The topological polar surface area (TPSA) is 39.2 Å². The zero-order valence-corrected chi connectivity index (χ0v) is 15.7. The summed E-state index contributed by atoms with van der Waals surface area (Å²) >= 11 is 0. The van der Waals surface area contributed by atoms with Crippen molar-refractivity contribution in [1.82, 2.24) is 4.98 Å². The lowest BCUT2D eigenvalue weighted by molar-refractivity contribution is 0.0601. The van der Waals surface area contributed by atoms with Crippen molar-refractivity contribution in [1.29, 1.82) is 0 Å². The number of pyridine rings is 1. The molecule has 0 aliphatic heterocycles. The molecule has 0 fully saturated rings. The van der Waals surface area contributed by atoms with Crippen molar-refractivity contribution in [2.75, 3.05) is 7.11 Å². The number of carbonyl (C=O) groups is 1. The summed E-state index contributed by atoms with van der Waals surface area (Å²) in [5, 5.41) is 0. The van der Waals surface area contributed by atoms with Gasteiger partial charge in [-0.25, -0.2) is 4.79 Å². The molecule has 0 aliphatic rings. The minimum absolute atomic E-state index is 0.0732. The summed E-state index contributed by atoms with van der Waals surface area (Å²) in [7, 11) is 1.41. The van der Waals surface area contributed by atoms with Gasteiger partial charge < -0.3 is 4.74 Å². The van der Waals surface area contributed by atoms with Gasteiger partial charge >= 0.3 is 5.97 Å². The summed E-state index contributed by atoms with van der Waals surface area (Å²) in [6.07, 6.45) is 0. The Morgan fingerprint density at radius 3 is 1.88 bits per heavy atom. The Bertz CT molecular complexity index is 717. The molecule has 128 valence electrons. The number of esters is 1. The van der Waals surface area contributed by atoms with Crippen molar-refractivity contribution < 1.29 is 9.53 Å². The number of aromatic nitrogens is 1. The fourth-order valence-corrected chi connectivity index (χ4v) is 2.48. The normalized spacial score (nSPS) is 12.1. The standard InChI is InChI=1S/C21H27NO2/c1-20(2,3)17-12-14(13-18(22-17)21(4,5)6)15-10-8-9-11-16(15)19(23)24-7/h8-13H,1-7H3. The first-order valence-corrected chi connectivity index (χ1v) is 8.25. The first-order chi connectivity index (χ1) is 11.0. The zero-order valence-electron chi connectivity index (χ0n) is 15.7. The van der Waals surface area contributed by atoms with E-state index in [4.69, 9.17) is 9.72 Å². The van der Waals surface area contributed by atoms with Crippen LogP contribution >= 0.6 is 0 Å². The van der Waals surface area contributed by atoms with Gasteiger partial charge in [0, 0.05) is 22.2 Å². The van der Waals surface area contributed by atoms with Crippen LogP contribution < -0.4 is 0 Å². The molecule has 0 saturated carbocycles. The van der Waals surface area contributed by atoms with E-state index in [1.54, 1.807) is 6.07 Å². The van der Waals surface area contributed by atoms with E-state index in [-0.39, 0.29) is 16.8 Å². The van der Waals surface area contributed by atoms with Crippen molar-refractivity contribution in [2.24, 2.45) is 0 Å². The molecule has 0 saturated heterocycles. The van der Waals surface area contributed by atoms with Crippen LogP contribution in [0.15, 0.2) is 36.4 Å². The van der Waals surface area contributed by atoms with Crippen molar-refractivity contribution in [3.63, 3.8) is 0 Å². The molecule has 3 nitrogen and oxygen atoms in total. The van der Waals surface area contributed by atoms with E-state index < -0.39 is 0 Å². The molecule has 2 aromatic rings. The molecule has 0 unspecified atom stereocenters. The fraction of sp³-hybridized carbons (Fsp3) is 0.429. The van der Waals surface area contributed by atoms with Crippen LogP contribution in [0.5, 0.6) is 0 Å². The summed E-state index contributed by atoms with van der Waals surface area (Å²) in [4.78, 5) is 17.0. The van der Waals surface area contributed by atoms with Crippen LogP contribution in [0.2, 0.25) is 0 Å². The number of rotatable bonds is 2. The molecule has 1 heterocycles. The van der Waals surface area contributed by atoms with Crippen LogP contribution in [-0.2, 0) is 15.6 Å². The van der Waals surface area contributed by atoms with Crippen LogP contribution in [0, 0.1) is 0 Å². The predicted molar refractivity (Wildman–Crippen MR) is 98.4 cm³/mol.